The average Bonchev–Trinajstić information content (AvgIpc) is 2.85. The molecule has 0 spiro atoms. The van der Waals surface area contributed by atoms with E-state index in [9.17, 15) is 4.79 Å². The van der Waals surface area contributed by atoms with E-state index in [0.29, 0.717) is 11.7 Å². The van der Waals surface area contributed by atoms with Gasteiger partial charge >= 0.3 is 0 Å². The van der Waals surface area contributed by atoms with E-state index in [-0.39, 0.29) is 5.56 Å². The van der Waals surface area contributed by atoms with Crippen LogP contribution in [0.2, 0.25) is 0 Å². The Morgan fingerprint density at radius 1 is 1.54 bits per heavy atom. The molecular weight excluding hydrogens is 166 g/mol. The van der Waals surface area contributed by atoms with Crippen molar-refractivity contribution in [2.45, 2.75) is 18.8 Å². The normalized spacial score (nSPS) is 16.6. The van der Waals surface area contributed by atoms with Gasteiger partial charge in [0.1, 0.15) is 0 Å². The lowest BCUT2D eigenvalue weighted by Crippen LogP contribution is -2.13. The number of nitrogens with one attached hydrogen (secondary N) is 1. The van der Waals surface area contributed by atoms with Gasteiger partial charge < -0.3 is 4.98 Å². The van der Waals surface area contributed by atoms with E-state index in [4.69, 9.17) is 0 Å². The van der Waals surface area contributed by atoms with E-state index in [1.165, 1.54) is 17.2 Å². The van der Waals surface area contributed by atoms with Crippen molar-refractivity contribution in [1.82, 2.24) is 14.4 Å². The lowest BCUT2D eigenvalue weighted by molar-refractivity contribution is 0.958. The van der Waals surface area contributed by atoms with Crippen LogP contribution in [0.15, 0.2) is 23.3 Å². The van der Waals surface area contributed by atoms with Crippen LogP contribution in [0.4, 0.5) is 0 Å². The minimum atomic E-state index is 0.00755. The fourth-order valence-electron chi connectivity index (χ4n) is 1.56. The predicted molar refractivity (Wildman–Crippen MR) is 47.8 cm³/mol. The Kier molecular flexibility index (Phi) is 1.17. The lowest BCUT2D eigenvalue weighted by atomic mass is 10.3. The van der Waals surface area contributed by atoms with E-state index >= 15 is 0 Å². The quantitative estimate of drug-likeness (QED) is 0.700. The molecule has 0 amide bonds. The minimum Gasteiger partial charge on any atom is -0.328 e. The Hall–Kier alpha value is -1.58. The van der Waals surface area contributed by atoms with Gasteiger partial charge in [0.25, 0.3) is 5.56 Å². The van der Waals surface area contributed by atoms with Crippen LogP contribution in [-0.4, -0.2) is 14.4 Å². The van der Waals surface area contributed by atoms with Gasteiger partial charge in [-0.2, -0.15) is 0 Å². The number of aromatic nitrogens is 3. The third-order valence-electron chi connectivity index (χ3n) is 2.43. The standard InChI is InChI=1S/C9H9N3O/c13-8-5-7(6-1-2-6)11-9-10-3-4-12(8)9/h3-6H,1-2H2,(H,10,11). The Labute approximate surface area is 74.2 Å². The second-order valence-corrected chi connectivity index (χ2v) is 3.46. The first-order valence-electron chi connectivity index (χ1n) is 4.41. The Morgan fingerprint density at radius 3 is 3.15 bits per heavy atom. The molecule has 2 aromatic heterocycles. The molecule has 13 heavy (non-hydrogen) atoms. The molecule has 66 valence electrons. The molecule has 2 heterocycles. The van der Waals surface area contributed by atoms with Crippen molar-refractivity contribution in [3.05, 3.63) is 34.5 Å². The Balaban J connectivity index is 2.33. The summed E-state index contributed by atoms with van der Waals surface area (Å²) in [6.45, 7) is 0. The molecule has 1 N–H and O–H groups in total. The number of imidazole rings is 1. The highest BCUT2D eigenvalue weighted by Gasteiger charge is 2.25. The number of fused-ring (bicyclic) bond motifs is 1. The second-order valence-electron chi connectivity index (χ2n) is 3.46. The molecule has 4 heteroatoms. The van der Waals surface area contributed by atoms with Crippen molar-refractivity contribution in [2.24, 2.45) is 0 Å². The van der Waals surface area contributed by atoms with Gasteiger partial charge in [0, 0.05) is 24.2 Å². The summed E-state index contributed by atoms with van der Waals surface area (Å²) in [5.74, 6) is 1.21. The zero-order chi connectivity index (χ0) is 8.84. The van der Waals surface area contributed by atoms with Crippen LogP contribution in [0.25, 0.3) is 5.78 Å². The first-order valence-corrected chi connectivity index (χ1v) is 4.41. The summed E-state index contributed by atoms with van der Waals surface area (Å²) in [5, 5.41) is 0. The van der Waals surface area contributed by atoms with Crippen molar-refractivity contribution in [3.8, 4) is 0 Å². The van der Waals surface area contributed by atoms with Gasteiger partial charge in [-0.25, -0.2) is 4.98 Å². The summed E-state index contributed by atoms with van der Waals surface area (Å²) in [7, 11) is 0. The molecule has 0 saturated heterocycles. The molecule has 0 unspecified atom stereocenters. The molecule has 4 nitrogen and oxygen atoms in total. The molecular formula is C9H9N3O. The highest BCUT2D eigenvalue weighted by Crippen LogP contribution is 2.38. The number of H-pyrrole nitrogens is 1. The number of aromatic amines is 1. The van der Waals surface area contributed by atoms with E-state index in [1.807, 2.05) is 0 Å². The van der Waals surface area contributed by atoms with Crippen molar-refractivity contribution >= 4 is 5.78 Å². The van der Waals surface area contributed by atoms with Crippen molar-refractivity contribution in [3.63, 3.8) is 0 Å². The van der Waals surface area contributed by atoms with Crippen molar-refractivity contribution in [1.29, 1.82) is 0 Å². The van der Waals surface area contributed by atoms with Crippen LogP contribution >= 0.6 is 0 Å². The van der Waals surface area contributed by atoms with Gasteiger partial charge in [-0.05, 0) is 18.8 Å². The first-order chi connectivity index (χ1) is 6.34. The minimum absolute atomic E-state index is 0.00755. The van der Waals surface area contributed by atoms with Crippen LogP contribution in [0, 0.1) is 0 Å². The van der Waals surface area contributed by atoms with Crippen LogP contribution in [0.1, 0.15) is 24.5 Å². The molecule has 0 atom stereocenters. The van der Waals surface area contributed by atoms with Gasteiger partial charge in [0.05, 0.1) is 0 Å². The fourth-order valence-corrected chi connectivity index (χ4v) is 1.56. The zero-order valence-electron chi connectivity index (χ0n) is 7.03. The number of nitrogens with zero attached hydrogens (tertiary/aromatic N) is 2. The highest BCUT2D eigenvalue weighted by atomic mass is 16.1. The molecule has 1 aliphatic rings. The van der Waals surface area contributed by atoms with Gasteiger partial charge in [-0.3, -0.25) is 9.20 Å². The van der Waals surface area contributed by atoms with Gasteiger partial charge in [-0.1, -0.05) is 0 Å². The second kappa shape index (κ2) is 2.22. The SMILES string of the molecule is O=c1cc(C2CC2)[nH]c2nccn12. The summed E-state index contributed by atoms with van der Waals surface area (Å²) in [4.78, 5) is 18.7. The van der Waals surface area contributed by atoms with E-state index in [0.717, 1.165) is 5.69 Å². The lowest BCUT2D eigenvalue weighted by Gasteiger charge is -1.98. The average molecular weight is 175 g/mol. The molecule has 0 aliphatic heterocycles. The number of hydrogen-bond donors (Lipinski definition) is 1. The van der Waals surface area contributed by atoms with Crippen molar-refractivity contribution in [2.75, 3.05) is 0 Å². The highest BCUT2D eigenvalue weighted by molar-refractivity contribution is 5.31. The molecule has 0 aromatic carbocycles. The largest absolute Gasteiger partial charge is 0.328 e. The van der Waals surface area contributed by atoms with Crippen molar-refractivity contribution < 1.29 is 0 Å². The van der Waals surface area contributed by atoms with Gasteiger partial charge in [0.2, 0.25) is 5.78 Å². The van der Waals surface area contributed by atoms with Gasteiger partial charge in [0.15, 0.2) is 0 Å². The zero-order valence-corrected chi connectivity index (χ0v) is 7.03. The maximum absolute atomic E-state index is 11.5. The molecule has 1 aliphatic carbocycles. The fraction of sp³-hybridized carbons (Fsp3) is 0.333. The van der Waals surface area contributed by atoms with E-state index < -0.39 is 0 Å². The van der Waals surface area contributed by atoms with Crippen LogP contribution < -0.4 is 5.56 Å². The van der Waals surface area contributed by atoms with Crippen LogP contribution in [0.3, 0.4) is 0 Å². The third-order valence-corrected chi connectivity index (χ3v) is 2.43. The van der Waals surface area contributed by atoms with E-state index in [2.05, 4.69) is 9.97 Å². The number of rotatable bonds is 1. The third kappa shape index (κ3) is 0.983. The summed E-state index contributed by atoms with van der Waals surface area (Å²) in [5.41, 5.74) is 1.04. The molecule has 2 aromatic rings. The Morgan fingerprint density at radius 2 is 2.38 bits per heavy atom. The van der Waals surface area contributed by atoms with Crippen LogP contribution in [0.5, 0.6) is 0 Å². The maximum Gasteiger partial charge on any atom is 0.259 e. The summed E-state index contributed by atoms with van der Waals surface area (Å²) >= 11 is 0. The first kappa shape index (κ1) is 6.88. The van der Waals surface area contributed by atoms with Gasteiger partial charge in [-0.15, -0.1) is 0 Å². The smallest absolute Gasteiger partial charge is 0.259 e. The number of hydrogen-bond acceptors (Lipinski definition) is 2. The summed E-state index contributed by atoms with van der Waals surface area (Å²) < 4.78 is 1.52. The predicted octanol–water partition coefficient (Wildman–Crippen LogP) is 0.900. The Bertz CT molecular complexity index is 507. The van der Waals surface area contributed by atoms with E-state index in [1.54, 1.807) is 18.5 Å². The molecule has 1 saturated carbocycles. The summed E-state index contributed by atoms with van der Waals surface area (Å²) in [6.07, 6.45) is 5.68. The molecule has 0 radical (unpaired) electrons. The molecule has 3 rings (SSSR count). The molecule has 0 bridgehead atoms. The summed E-state index contributed by atoms with van der Waals surface area (Å²) in [6, 6.07) is 1.67. The topological polar surface area (TPSA) is 50.2 Å². The monoisotopic (exact) mass is 175 g/mol. The molecule has 1 fully saturated rings. The van der Waals surface area contributed by atoms with Crippen LogP contribution in [-0.2, 0) is 0 Å². The maximum atomic E-state index is 11.5.